The van der Waals surface area contributed by atoms with Crippen molar-refractivity contribution >= 4 is 11.9 Å². The van der Waals surface area contributed by atoms with Crippen molar-refractivity contribution in [2.45, 2.75) is 33.6 Å². The number of ether oxygens (including phenoxy) is 2. The normalized spacial score (nSPS) is 10.3. The molecule has 144 valence electrons. The van der Waals surface area contributed by atoms with Crippen LogP contribution in [0.2, 0.25) is 0 Å². The summed E-state index contributed by atoms with van der Waals surface area (Å²) in [5, 5.41) is 2.75. The fourth-order valence-corrected chi connectivity index (χ4v) is 2.44. The van der Waals surface area contributed by atoms with Crippen molar-refractivity contribution in [1.29, 1.82) is 0 Å². The molecule has 0 atom stereocenters. The standard InChI is InChI=1S/C22H27NO4/c1-16-4-7-19(8-5-16)9-11-21(24)23-12-13-26-22(25)15-27-20-10-6-17(2)18(3)14-20/h4-8,10,14H,9,11-13,15H2,1-3H3,(H,23,24). The molecule has 5 heteroatoms. The highest BCUT2D eigenvalue weighted by Gasteiger charge is 2.06. The van der Waals surface area contributed by atoms with Gasteiger partial charge in [-0.05, 0) is 56.0 Å². The predicted molar refractivity (Wildman–Crippen MR) is 105 cm³/mol. The zero-order valence-corrected chi connectivity index (χ0v) is 16.2. The van der Waals surface area contributed by atoms with Gasteiger partial charge in [-0.25, -0.2) is 4.79 Å². The Hall–Kier alpha value is -2.82. The van der Waals surface area contributed by atoms with Gasteiger partial charge < -0.3 is 14.8 Å². The van der Waals surface area contributed by atoms with Crippen LogP contribution in [0.4, 0.5) is 0 Å². The molecule has 0 saturated carbocycles. The number of hydrogen-bond acceptors (Lipinski definition) is 4. The molecule has 2 aromatic carbocycles. The fourth-order valence-electron chi connectivity index (χ4n) is 2.44. The van der Waals surface area contributed by atoms with Crippen LogP contribution < -0.4 is 10.1 Å². The predicted octanol–water partition coefficient (Wildman–Crippen LogP) is 3.28. The molecule has 2 aromatic rings. The van der Waals surface area contributed by atoms with E-state index in [-0.39, 0.29) is 19.1 Å². The Kier molecular flexibility index (Phi) is 7.86. The minimum Gasteiger partial charge on any atom is -0.482 e. The van der Waals surface area contributed by atoms with E-state index in [1.165, 1.54) is 11.1 Å². The maximum Gasteiger partial charge on any atom is 0.344 e. The van der Waals surface area contributed by atoms with Crippen molar-refractivity contribution in [3.8, 4) is 5.75 Å². The van der Waals surface area contributed by atoms with E-state index in [1.807, 2.05) is 63.2 Å². The molecule has 0 saturated heterocycles. The number of benzene rings is 2. The van der Waals surface area contributed by atoms with Crippen molar-refractivity contribution < 1.29 is 19.1 Å². The molecule has 0 unspecified atom stereocenters. The van der Waals surface area contributed by atoms with Crippen molar-refractivity contribution in [2.75, 3.05) is 19.8 Å². The van der Waals surface area contributed by atoms with Gasteiger partial charge in [0.2, 0.25) is 5.91 Å². The Labute approximate surface area is 160 Å². The van der Waals surface area contributed by atoms with Gasteiger partial charge in [0.05, 0.1) is 6.54 Å². The molecule has 0 aliphatic rings. The summed E-state index contributed by atoms with van der Waals surface area (Å²) in [7, 11) is 0. The number of aryl methyl sites for hydroxylation is 4. The van der Waals surface area contributed by atoms with Gasteiger partial charge in [0, 0.05) is 6.42 Å². The topological polar surface area (TPSA) is 64.6 Å². The largest absolute Gasteiger partial charge is 0.482 e. The molecular weight excluding hydrogens is 342 g/mol. The van der Waals surface area contributed by atoms with Gasteiger partial charge in [0.25, 0.3) is 0 Å². The maximum atomic E-state index is 11.8. The van der Waals surface area contributed by atoms with Crippen LogP contribution in [0.25, 0.3) is 0 Å². The molecule has 27 heavy (non-hydrogen) atoms. The van der Waals surface area contributed by atoms with E-state index in [4.69, 9.17) is 9.47 Å². The summed E-state index contributed by atoms with van der Waals surface area (Å²) >= 11 is 0. The van der Waals surface area contributed by atoms with Crippen molar-refractivity contribution in [3.63, 3.8) is 0 Å². The summed E-state index contributed by atoms with van der Waals surface area (Å²) in [5.41, 5.74) is 4.61. The minimum atomic E-state index is -0.456. The first kappa shape index (κ1) is 20.5. The van der Waals surface area contributed by atoms with Crippen LogP contribution in [0.15, 0.2) is 42.5 Å². The summed E-state index contributed by atoms with van der Waals surface area (Å²) < 4.78 is 10.5. The molecule has 5 nitrogen and oxygen atoms in total. The first-order valence-electron chi connectivity index (χ1n) is 9.12. The molecule has 0 fully saturated rings. The summed E-state index contributed by atoms with van der Waals surface area (Å²) in [5.74, 6) is 0.125. The zero-order chi connectivity index (χ0) is 19.6. The van der Waals surface area contributed by atoms with E-state index in [0.717, 1.165) is 11.1 Å². The van der Waals surface area contributed by atoms with Gasteiger partial charge in [-0.1, -0.05) is 35.9 Å². The van der Waals surface area contributed by atoms with Crippen molar-refractivity contribution in [2.24, 2.45) is 0 Å². The van der Waals surface area contributed by atoms with Crippen molar-refractivity contribution in [1.82, 2.24) is 5.32 Å². The smallest absolute Gasteiger partial charge is 0.344 e. The highest BCUT2D eigenvalue weighted by molar-refractivity contribution is 5.76. The molecule has 1 N–H and O–H groups in total. The Morgan fingerprint density at radius 2 is 1.70 bits per heavy atom. The van der Waals surface area contributed by atoms with Crippen LogP contribution in [-0.2, 0) is 20.7 Å². The quantitative estimate of drug-likeness (QED) is 0.544. The number of rotatable bonds is 9. The lowest BCUT2D eigenvalue weighted by Crippen LogP contribution is -2.29. The third kappa shape index (κ3) is 7.52. The summed E-state index contributed by atoms with van der Waals surface area (Å²) in [6.45, 7) is 6.31. The van der Waals surface area contributed by atoms with Crippen molar-refractivity contribution in [3.05, 3.63) is 64.7 Å². The number of carbonyl (C=O) groups excluding carboxylic acids is 2. The summed E-state index contributed by atoms with van der Waals surface area (Å²) in [6, 6.07) is 13.8. The molecule has 0 aliphatic heterocycles. The average molecular weight is 369 g/mol. The highest BCUT2D eigenvalue weighted by Crippen LogP contribution is 2.16. The van der Waals surface area contributed by atoms with Crippen LogP contribution in [0, 0.1) is 20.8 Å². The Morgan fingerprint density at radius 3 is 2.41 bits per heavy atom. The molecule has 0 bridgehead atoms. The van der Waals surface area contributed by atoms with Gasteiger partial charge in [-0.3, -0.25) is 4.79 Å². The number of hydrogen-bond donors (Lipinski definition) is 1. The van der Waals surface area contributed by atoms with Gasteiger partial charge in [0.1, 0.15) is 12.4 Å². The molecule has 2 rings (SSSR count). The van der Waals surface area contributed by atoms with Crippen LogP contribution in [0.3, 0.4) is 0 Å². The third-order valence-corrected chi connectivity index (χ3v) is 4.28. The van der Waals surface area contributed by atoms with Crippen LogP contribution >= 0.6 is 0 Å². The fraction of sp³-hybridized carbons (Fsp3) is 0.364. The van der Waals surface area contributed by atoms with E-state index in [2.05, 4.69) is 5.32 Å². The molecule has 0 aromatic heterocycles. The third-order valence-electron chi connectivity index (χ3n) is 4.28. The van der Waals surface area contributed by atoms with Crippen LogP contribution in [0.5, 0.6) is 5.75 Å². The van der Waals surface area contributed by atoms with Gasteiger partial charge in [-0.2, -0.15) is 0 Å². The molecule has 0 spiro atoms. The summed E-state index contributed by atoms with van der Waals surface area (Å²) in [4.78, 5) is 23.5. The highest BCUT2D eigenvalue weighted by atomic mass is 16.6. The summed E-state index contributed by atoms with van der Waals surface area (Å²) in [6.07, 6.45) is 1.10. The Bertz CT molecular complexity index is 768. The second-order valence-corrected chi connectivity index (χ2v) is 6.59. The molecule has 0 aliphatic carbocycles. The lowest BCUT2D eigenvalue weighted by molar-refractivity contribution is -0.146. The monoisotopic (exact) mass is 369 g/mol. The number of nitrogens with one attached hydrogen (secondary N) is 1. The van der Waals surface area contributed by atoms with E-state index >= 15 is 0 Å². The maximum absolute atomic E-state index is 11.8. The Balaban J connectivity index is 1.57. The number of amides is 1. The second-order valence-electron chi connectivity index (χ2n) is 6.59. The molecule has 0 heterocycles. The van der Waals surface area contributed by atoms with Gasteiger partial charge in [-0.15, -0.1) is 0 Å². The van der Waals surface area contributed by atoms with E-state index < -0.39 is 5.97 Å². The average Bonchev–Trinajstić information content (AvgIpc) is 2.65. The molecule has 0 radical (unpaired) electrons. The van der Waals surface area contributed by atoms with E-state index in [0.29, 0.717) is 25.1 Å². The SMILES string of the molecule is Cc1ccc(CCC(=O)NCCOC(=O)COc2ccc(C)c(C)c2)cc1. The lowest BCUT2D eigenvalue weighted by Gasteiger charge is -2.09. The molecule has 1 amide bonds. The number of carbonyl (C=O) groups is 2. The van der Waals surface area contributed by atoms with Crippen LogP contribution in [-0.4, -0.2) is 31.6 Å². The van der Waals surface area contributed by atoms with Gasteiger partial charge in [0.15, 0.2) is 6.61 Å². The Morgan fingerprint density at radius 1 is 0.963 bits per heavy atom. The van der Waals surface area contributed by atoms with Gasteiger partial charge >= 0.3 is 5.97 Å². The second kappa shape index (κ2) is 10.4. The lowest BCUT2D eigenvalue weighted by atomic mass is 10.1. The first-order valence-corrected chi connectivity index (χ1v) is 9.12. The molecular formula is C22H27NO4. The van der Waals surface area contributed by atoms with E-state index in [1.54, 1.807) is 0 Å². The van der Waals surface area contributed by atoms with E-state index in [9.17, 15) is 9.59 Å². The van der Waals surface area contributed by atoms with Crippen LogP contribution in [0.1, 0.15) is 28.7 Å². The first-order chi connectivity index (χ1) is 12.9. The zero-order valence-electron chi connectivity index (χ0n) is 16.2. The minimum absolute atomic E-state index is 0.0574. The number of esters is 1.